The van der Waals surface area contributed by atoms with E-state index in [4.69, 9.17) is 4.43 Å². The number of hydrogen-bond acceptors (Lipinski definition) is 1. The van der Waals surface area contributed by atoms with E-state index in [0.29, 0.717) is 5.41 Å². The third-order valence-corrected chi connectivity index (χ3v) is 13.7. The van der Waals surface area contributed by atoms with Gasteiger partial charge in [-0.1, -0.05) is 61.3 Å². The molecule has 1 nitrogen and oxygen atoms in total. The monoisotopic (exact) mass is 474 g/mol. The molecule has 0 amide bonds. The Labute approximate surface area is 188 Å². The Morgan fingerprint density at radius 3 is 2.62 bits per heavy atom. The summed E-state index contributed by atoms with van der Waals surface area (Å²) in [6.07, 6.45) is 10.5. The van der Waals surface area contributed by atoms with Crippen LogP contribution in [0.3, 0.4) is 0 Å². The second-order valence-electron chi connectivity index (χ2n) is 11.5. The van der Waals surface area contributed by atoms with Crippen molar-refractivity contribution in [3.8, 4) is 5.75 Å². The Kier molecular flexibility index (Phi) is 5.64. The van der Waals surface area contributed by atoms with Gasteiger partial charge in [-0.2, -0.15) is 0 Å². The smallest absolute Gasteiger partial charge is 0.250 e. The van der Waals surface area contributed by atoms with E-state index < -0.39 is 8.32 Å². The lowest BCUT2D eigenvalue weighted by Gasteiger charge is -2.49. The fourth-order valence-electron chi connectivity index (χ4n) is 6.35. The van der Waals surface area contributed by atoms with Crippen molar-refractivity contribution in [1.29, 1.82) is 0 Å². The number of halogens is 1. The fraction of sp³-hybridized carbons (Fsp3) is 0.692. The van der Waals surface area contributed by atoms with Gasteiger partial charge in [-0.15, -0.1) is 0 Å². The van der Waals surface area contributed by atoms with Crippen LogP contribution in [-0.4, -0.2) is 13.6 Å². The van der Waals surface area contributed by atoms with Crippen LogP contribution in [0.2, 0.25) is 18.1 Å². The maximum atomic E-state index is 6.62. The van der Waals surface area contributed by atoms with Crippen LogP contribution in [0.25, 0.3) is 0 Å². The van der Waals surface area contributed by atoms with Gasteiger partial charge in [0.25, 0.3) is 0 Å². The van der Waals surface area contributed by atoms with Crippen molar-refractivity contribution in [1.82, 2.24) is 0 Å². The molecule has 0 heterocycles. The maximum absolute atomic E-state index is 6.62. The average molecular weight is 476 g/mol. The predicted molar refractivity (Wildman–Crippen MR) is 131 cm³/mol. The van der Waals surface area contributed by atoms with E-state index in [9.17, 15) is 0 Å². The number of alkyl halides is 1. The lowest BCUT2D eigenvalue weighted by molar-refractivity contribution is 0.0813. The van der Waals surface area contributed by atoms with Gasteiger partial charge in [-0.3, -0.25) is 0 Å². The summed E-state index contributed by atoms with van der Waals surface area (Å²) in [5, 5.41) is 1.25. The normalized spacial score (nSPS) is 33.2. The van der Waals surface area contributed by atoms with Crippen molar-refractivity contribution in [2.75, 3.05) is 5.33 Å². The van der Waals surface area contributed by atoms with Crippen molar-refractivity contribution in [3.63, 3.8) is 0 Å². The Morgan fingerprint density at radius 2 is 1.93 bits per heavy atom. The highest BCUT2D eigenvalue weighted by Gasteiger charge is 2.52. The highest BCUT2D eigenvalue weighted by atomic mass is 79.9. The van der Waals surface area contributed by atoms with E-state index in [1.165, 1.54) is 38.5 Å². The second-order valence-corrected chi connectivity index (χ2v) is 16.9. The Morgan fingerprint density at radius 1 is 1.17 bits per heavy atom. The lowest BCUT2D eigenvalue weighted by atomic mass is 9.55. The van der Waals surface area contributed by atoms with E-state index >= 15 is 0 Å². The molecule has 2 saturated carbocycles. The number of benzene rings is 1. The SMILES string of the molecule is CC12CCC3c4ccc(O[Si](C)(C)C(C)(C)C)cc4CCC3C1CC/C2=C\CBr. The van der Waals surface area contributed by atoms with Gasteiger partial charge in [0, 0.05) is 5.33 Å². The lowest BCUT2D eigenvalue weighted by Crippen LogP contribution is -2.44. The molecule has 3 heteroatoms. The molecule has 29 heavy (non-hydrogen) atoms. The van der Waals surface area contributed by atoms with Crippen molar-refractivity contribution in [2.24, 2.45) is 17.3 Å². The fourth-order valence-corrected chi connectivity index (χ4v) is 7.76. The molecule has 0 aliphatic heterocycles. The average Bonchev–Trinajstić information content (AvgIpc) is 2.97. The van der Waals surface area contributed by atoms with E-state index in [2.05, 4.69) is 81.0 Å². The van der Waals surface area contributed by atoms with Crippen molar-refractivity contribution in [2.45, 2.75) is 90.3 Å². The van der Waals surface area contributed by atoms with Crippen LogP contribution in [0, 0.1) is 17.3 Å². The topological polar surface area (TPSA) is 9.23 Å². The van der Waals surface area contributed by atoms with E-state index in [1.807, 2.05) is 0 Å². The van der Waals surface area contributed by atoms with Gasteiger partial charge < -0.3 is 4.43 Å². The number of hydrogen-bond donors (Lipinski definition) is 0. The van der Waals surface area contributed by atoms with Crippen molar-refractivity contribution < 1.29 is 4.43 Å². The summed E-state index contributed by atoms with van der Waals surface area (Å²) in [6, 6.07) is 7.10. The molecule has 0 bridgehead atoms. The van der Waals surface area contributed by atoms with E-state index in [-0.39, 0.29) is 5.04 Å². The molecule has 2 fully saturated rings. The second kappa shape index (κ2) is 7.55. The minimum absolute atomic E-state index is 0.241. The molecule has 0 spiro atoms. The number of allylic oxidation sites excluding steroid dienone is 2. The van der Waals surface area contributed by atoms with Gasteiger partial charge in [-0.05, 0) is 103 Å². The molecule has 0 N–H and O–H groups in total. The number of aryl methyl sites for hydroxylation is 1. The highest BCUT2D eigenvalue weighted by Crippen LogP contribution is 2.62. The van der Waals surface area contributed by atoms with Gasteiger partial charge in [0.2, 0.25) is 8.32 Å². The molecule has 0 saturated heterocycles. The first-order valence-corrected chi connectivity index (χ1v) is 15.7. The number of fused-ring (bicyclic) bond motifs is 5. The third kappa shape index (κ3) is 3.69. The molecule has 4 atom stereocenters. The van der Waals surface area contributed by atoms with Crippen LogP contribution in [0.1, 0.15) is 76.8 Å². The molecule has 160 valence electrons. The molecular formula is C26H39BrOSi. The first-order valence-electron chi connectivity index (χ1n) is 11.6. The molecule has 0 radical (unpaired) electrons. The minimum Gasteiger partial charge on any atom is -0.543 e. The third-order valence-electron chi connectivity index (χ3n) is 9.05. The summed E-state index contributed by atoms with van der Waals surface area (Å²) in [7, 11) is -1.78. The molecule has 1 aromatic carbocycles. The predicted octanol–water partition coefficient (Wildman–Crippen LogP) is 8.25. The highest BCUT2D eigenvalue weighted by molar-refractivity contribution is 9.09. The Hall–Kier alpha value is -0.543. The van der Waals surface area contributed by atoms with E-state index in [0.717, 1.165) is 28.8 Å². The maximum Gasteiger partial charge on any atom is 0.250 e. The zero-order chi connectivity index (χ0) is 21.0. The summed E-state index contributed by atoms with van der Waals surface area (Å²) >= 11 is 3.64. The zero-order valence-electron chi connectivity index (χ0n) is 19.3. The number of rotatable bonds is 3. The molecule has 4 unspecified atom stereocenters. The van der Waals surface area contributed by atoms with Crippen LogP contribution >= 0.6 is 15.9 Å². The van der Waals surface area contributed by atoms with Gasteiger partial charge in [0.15, 0.2) is 0 Å². The van der Waals surface area contributed by atoms with Gasteiger partial charge >= 0.3 is 0 Å². The first kappa shape index (κ1) is 21.7. The standard InChI is InChI=1S/C26H39BrOSi/c1-25(2,3)29(5,6)28-20-9-11-21-18(17-20)7-10-23-22(21)13-15-26(4)19(14-16-27)8-12-24(23)26/h9,11,14,17,22-24H,7-8,10,12-13,15-16H2,1-6H3/b19-14+. The van der Waals surface area contributed by atoms with Crippen LogP contribution in [0.15, 0.2) is 29.8 Å². The summed E-state index contributed by atoms with van der Waals surface area (Å²) in [5.74, 6) is 3.62. The molecule has 3 aliphatic rings. The van der Waals surface area contributed by atoms with Crippen LogP contribution in [0.5, 0.6) is 5.75 Å². The van der Waals surface area contributed by atoms with Crippen LogP contribution < -0.4 is 4.43 Å². The summed E-state index contributed by atoms with van der Waals surface area (Å²) in [4.78, 5) is 0. The molecule has 1 aromatic rings. The quantitative estimate of drug-likeness (QED) is 0.243. The summed E-state index contributed by atoms with van der Waals surface area (Å²) in [5.41, 5.74) is 5.41. The van der Waals surface area contributed by atoms with Gasteiger partial charge in [0.1, 0.15) is 5.75 Å². The van der Waals surface area contributed by atoms with Crippen molar-refractivity contribution in [3.05, 3.63) is 41.0 Å². The summed E-state index contributed by atoms with van der Waals surface area (Å²) in [6.45, 7) is 14.2. The first-order chi connectivity index (χ1) is 13.6. The van der Waals surface area contributed by atoms with Gasteiger partial charge in [-0.25, -0.2) is 0 Å². The molecule has 4 rings (SSSR count). The van der Waals surface area contributed by atoms with Crippen molar-refractivity contribution >= 4 is 24.2 Å². The Bertz CT molecular complexity index is 805. The Balaban J connectivity index is 1.58. The van der Waals surface area contributed by atoms with Crippen LogP contribution in [-0.2, 0) is 6.42 Å². The minimum atomic E-state index is -1.78. The largest absolute Gasteiger partial charge is 0.543 e. The van der Waals surface area contributed by atoms with Gasteiger partial charge in [0.05, 0.1) is 0 Å². The summed E-state index contributed by atoms with van der Waals surface area (Å²) < 4.78 is 6.62. The molecular weight excluding hydrogens is 436 g/mol. The van der Waals surface area contributed by atoms with E-state index in [1.54, 1.807) is 16.7 Å². The molecule has 3 aliphatic carbocycles. The molecule has 0 aromatic heterocycles. The zero-order valence-corrected chi connectivity index (χ0v) is 21.9. The van der Waals surface area contributed by atoms with Crippen LogP contribution in [0.4, 0.5) is 0 Å².